The van der Waals surface area contributed by atoms with Crippen molar-refractivity contribution in [1.29, 1.82) is 0 Å². The van der Waals surface area contributed by atoms with Crippen LogP contribution in [0.4, 0.5) is 0 Å². The van der Waals surface area contributed by atoms with Crippen molar-refractivity contribution in [1.82, 2.24) is 10.6 Å². The molecule has 0 aliphatic heterocycles. The van der Waals surface area contributed by atoms with E-state index in [1.54, 1.807) is 13.8 Å². The molecule has 0 aromatic heterocycles. The van der Waals surface area contributed by atoms with E-state index in [0.717, 1.165) is 13.1 Å². The van der Waals surface area contributed by atoms with Crippen LogP contribution in [0.25, 0.3) is 0 Å². The zero-order valence-electron chi connectivity index (χ0n) is 12.8. The Morgan fingerprint density at radius 3 is 1.89 bits per heavy atom. The SMILES string of the molecule is C/C(=N\[O-])C(C)NCC(C)(C)CNC(C)/C(C)=N/O. The molecule has 2 unspecified atom stereocenters. The smallest absolute Gasteiger partial charge is 0.0706 e. The average Bonchev–Trinajstić information content (AvgIpc) is 2.40. The van der Waals surface area contributed by atoms with Crippen LogP contribution in [-0.4, -0.2) is 41.8 Å². The van der Waals surface area contributed by atoms with Crippen LogP contribution < -0.4 is 10.6 Å². The van der Waals surface area contributed by atoms with Crippen molar-refractivity contribution in [2.24, 2.45) is 15.7 Å². The molecule has 112 valence electrons. The Bertz CT molecular complexity index is 297. The fraction of sp³-hybridized carbons (Fsp3) is 0.846. The molecule has 0 bridgehead atoms. The number of rotatable bonds is 8. The van der Waals surface area contributed by atoms with Gasteiger partial charge in [0.25, 0.3) is 0 Å². The van der Waals surface area contributed by atoms with Gasteiger partial charge in [0.1, 0.15) is 0 Å². The Morgan fingerprint density at radius 1 is 1.11 bits per heavy atom. The Labute approximate surface area is 116 Å². The number of nitrogens with one attached hydrogen (secondary N) is 2. The van der Waals surface area contributed by atoms with E-state index in [1.165, 1.54) is 0 Å². The van der Waals surface area contributed by atoms with Gasteiger partial charge < -0.3 is 26.2 Å². The molecule has 0 aromatic rings. The fourth-order valence-electron chi connectivity index (χ4n) is 1.38. The van der Waals surface area contributed by atoms with Crippen LogP contribution in [0.15, 0.2) is 10.3 Å². The molecule has 0 saturated heterocycles. The molecule has 0 rings (SSSR count). The first kappa shape index (κ1) is 17.9. The molecule has 0 heterocycles. The van der Waals surface area contributed by atoms with Gasteiger partial charge >= 0.3 is 0 Å². The molecule has 0 aromatic carbocycles. The lowest BCUT2D eigenvalue weighted by Gasteiger charge is -2.29. The van der Waals surface area contributed by atoms with Crippen molar-refractivity contribution in [3.8, 4) is 0 Å². The van der Waals surface area contributed by atoms with Crippen molar-refractivity contribution in [3.05, 3.63) is 5.21 Å². The third kappa shape index (κ3) is 7.12. The Balaban J connectivity index is 4.19. The predicted molar refractivity (Wildman–Crippen MR) is 80.1 cm³/mol. The lowest BCUT2D eigenvalue weighted by molar-refractivity contribution is 0.303. The molecule has 0 aliphatic rings. The first-order chi connectivity index (χ1) is 8.73. The van der Waals surface area contributed by atoms with Gasteiger partial charge in [0.2, 0.25) is 0 Å². The number of oxime groups is 1. The van der Waals surface area contributed by atoms with Crippen LogP contribution in [-0.2, 0) is 0 Å². The summed E-state index contributed by atoms with van der Waals surface area (Å²) in [6.07, 6.45) is 0. The van der Waals surface area contributed by atoms with E-state index in [0.29, 0.717) is 11.4 Å². The molecule has 0 radical (unpaired) electrons. The quantitative estimate of drug-likeness (QED) is 0.356. The van der Waals surface area contributed by atoms with Crippen LogP contribution in [0, 0.1) is 10.6 Å². The van der Waals surface area contributed by atoms with Gasteiger partial charge in [-0.2, -0.15) is 0 Å². The van der Waals surface area contributed by atoms with Crippen molar-refractivity contribution in [3.63, 3.8) is 0 Å². The van der Waals surface area contributed by atoms with Gasteiger partial charge in [-0.15, -0.1) is 0 Å². The summed E-state index contributed by atoms with van der Waals surface area (Å²) in [4.78, 5) is 0. The lowest BCUT2D eigenvalue weighted by atomic mass is 9.92. The molecule has 6 heteroatoms. The van der Waals surface area contributed by atoms with Crippen LogP contribution in [0.1, 0.15) is 41.5 Å². The second kappa shape index (κ2) is 8.12. The van der Waals surface area contributed by atoms with Gasteiger partial charge in [-0.25, -0.2) is 0 Å². The van der Waals surface area contributed by atoms with Gasteiger partial charge in [0.15, 0.2) is 0 Å². The van der Waals surface area contributed by atoms with Gasteiger partial charge in [0.05, 0.1) is 5.71 Å². The summed E-state index contributed by atoms with van der Waals surface area (Å²) in [5.41, 5.74) is 1.23. The second-order valence-corrected chi connectivity index (χ2v) is 5.84. The summed E-state index contributed by atoms with van der Waals surface area (Å²) in [7, 11) is 0. The van der Waals surface area contributed by atoms with Crippen molar-refractivity contribution in [2.75, 3.05) is 13.1 Å². The van der Waals surface area contributed by atoms with Crippen LogP contribution in [0.3, 0.4) is 0 Å². The average molecular weight is 271 g/mol. The monoisotopic (exact) mass is 271 g/mol. The summed E-state index contributed by atoms with van der Waals surface area (Å²) in [6.45, 7) is 13.2. The lowest BCUT2D eigenvalue weighted by Crippen LogP contribution is -2.46. The minimum atomic E-state index is -0.0186. The third-order valence-electron chi connectivity index (χ3n) is 3.33. The van der Waals surface area contributed by atoms with E-state index in [4.69, 9.17) is 5.21 Å². The van der Waals surface area contributed by atoms with Crippen LogP contribution >= 0.6 is 0 Å². The number of hydrogen-bond donors (Lipinski definition) is 3. The zero-order chi connectivity index (χ0) is 15.1. The van der Waals surface area contributed by atoms with Gasteiger partial charge in [0, 0.05) is 30.9 Å². The fourth-order valence-corrected chi connectivity index (χ4v) is 1.38. The van der Waals surface area contributed by atoms with Crippen molar-refractivity contribution < 1.29 is 5.21 Å². The van der Waals surface area contributed by atoms with Crippen LogP contribution in [0.2, 0.25) is 0 Å². The van der Waals surface area contributed by atoms with Crippen molar-refractivity contribution >= 4 is 11.4 Å². The molecule has 3 N–H and O–H groups in total. The predicted octanol–water partition coefficient (Wildman–Crippen LogP) is 1.78. The van der Waals surface area contributed by atoms with Gasteiger partial charge in [-0.3, -0.25) is 0 Å². The normalized spacial score (nSPS) is 17.4. The molecule has 0 spiro atoms. The molecule has 0 saturated carbocycles. The summed E-state index contributed by atoms with van der Waals surface area (Å²) < 4.78 is 0. The molecule has 0 aliphatic carbocycles. The molecular weight excluding hydrogens is 244 g/mol. The molecule has 0 amide bonds. The second-order valence-electron chi connectivity index (χ2n) is 5.84. The Morgan fingerprint density at radius 2 is 1.53 bits per heavy atom. The summed E-state index contributed by atoms with van der Waals surface area (Å²) in [5.74, 6) is 0. The molecule has 6 nitrogen and oxygen atoms in total. The molecule has 0 fully saturated rings. The van der Waals surface area contributed by atoms with Crippen LogP contribution in [0.5, 0.6) is 0 Å². The first-order valence-corrected chi connectivity index (χ1v) is 6.55. The number of nitrogens with zero attached hydrogens (tertiary/aromatic N) is 2. The minimum absolute atomic E-state index is 0.0153. The Hall–Kier alpha value is -1.14. The highest BCUT2D eigenvalue weighted by atomic mass is 16.4. The first-order valence-electron chi connectivity index (χ1n) is 6.55. The third-order valence-corrected chi connectivity index (χ3v) is 3.33. The summed E-state index contributed by atoms with van der Waals surface area (Å²) in [6, 6.07) is 0.0153. The maximum Gasteiger partial charge on any atom is 0.0706 e. The van der Waals surface area contributed by atoms with E-state index in [1.807, 2.05) is 13.8 Å². The van der Waals surface area contributed by atoms with Gasteiger partial charge in [-0.1, -0.05) is 19.0 Å². The highest BCUT2D eigenvalue weighted by Crippen LogP contribution is 2.12. The van der Waals surface area contributed by atoms with E-state index in [-0.39, 0.29) is 17.5 Å². The van der Waals surface area contributed by atoms with E-state index >= 15 is 0 Å². The molecular formula is C13H27N4O2-. The highest BCUT2D eigenvalue weighted by molar-refractivity contribution is 5.87. The highest BCUT2D eigenvalue weighted by Gasteiger charge is 2.20. The zero-order valence-corrected chi connectivity index (χ0v) is 12.8. The number of hydrogen-bond acceptors (Lipinski definition) is 6. The maximum absolute atomic E-state index is 10.4. The minimum Gasteiger partial charge on any atom is -0.792 e. The molecule has 19 heavy (non-hydrogen) atoms. The van der Waals surface area contributed by atoms with E-state index < -0.39 is 0 Å². The maximum atomic E-state index is 10.4. The summed E-state index contributed by atoms with van der Waals surface area (Å²) >= 11 is 0. The van der Waals surface area contributed by atoms with Crippen molar-refractivity contribution in [2.45, 2.75) is 53.6 Å². The standard InChI is InChI=1S/C13H28N4O2/c1-9(11(3)16-18)14-7-13(5,6)8-15-10(2)12(4)17-19/h9-10,14-15,18-19H,7-8H2,1-6H3/p-1/b16-11+,17-12+. The largest absolute Gasteiger partial charge is 0.792 e. The Kier molecular flexibility index (Phi) is 7.63. The molecule has 2 atom stereocenters. The van der Waals surface area contributed by atoms with E-state index in [9.17, 15) is 5.21 Å². The van der Waals surface area contributed by atoms with E-state index in [2.05, 4.69) is 34.8 Å². The van der Waals surface area contributed by atoms with Gasteiger partial charge in [-0.05, 0) is 33.1 Å². The summed E-state index contributed by atoms with van der Waals surface area (Å²) in [5, 5.41) is 31.8. The topological polar surface area (TPSA) is 92.1 Å².